The SMILES string of the molecule is NCCc1cc(F)cc(N2CCC3(CCCCC3)CC2)c1. The molecule has 1 saturated carbocycles. The zero-order valence-corrected chi connectivity index (χ0v) is 12.9. The fourth-order valence-corrected chi connectivity index (χ4v) is 4.17. The Labute approximate surface area is 127 Å². The number of hydrogen-bond acceptors (Lipinski definition) is 2. The Morgan fingerprint density at radius 3 is 2.38 bits per heavy atom. The van der Waals surface area contributed by atoms with E-state index in [9.17, 15) is 4.39 Å². The molecule has 1 spiro atoms. The summed E-state index contributed by atoms with van der Waals surface area (Å²) in [5, 5.41) is 0. The Balaban J connectivity index is 1.68. The second kappa shape index (κ2) is 6.35. The maximum Gasteiger partial charge on any atom is 0.125 e. The van der Waals surface area contributed by atoms with E-state index in [4.69, 9.17) is 5.73 Å². The van der Waals surface area contributed by atoms with Crippen molar-refractivity contribution in [3.05, 3.63) is 29.6 Å². The molecule has 0 bridgehead atoms. The van der Waals surface area contributed by atoms with E-state index in [1.165, 1.54) is 44.9 Å². The van der Waals surface area contributed by atoms with E-state index in [0.717, 1.165) is 30.8 Å². The second-order valence-electron chi connectivity index (χ2n) is 6.90. The number of nitrogens with two attached hydrogens (primary N) is 1. The number of anilines is 1. The number of hydrogen-bond donors (Lipinski definition) is 1. The normalized spacial score (nSPS) is 21.7. The average molecular weight is 290 g/mol. The van der Waals surface area contributed by atoms with Gasteiger partial charge in [-0.25, -0.2) is 4.39 Å². The minimum Gasteiger partial charge on any atom is -0.371 e. The topological polar surface area (TPSA) is 29.3 Å². The molecule has 2 nitrogen and oxygen atoms in total. The molecule has 1 aliphatic carbocycles. The molecule has 0 aromatic heterocycles. The van der Waals surface area contributed by atoms with Gasteiger partial charge in [-0.05, 0) is 67.8 Å². The molecule has 1 saturated heterocycles. The van der Waals surface area contributed by atoms with E-state index in [1.54, 1.807) is 12.1 Å². The highest BCUT2D eigenvalue weighted by molar-refractivity contribution is 5.49. The molecule has 0 amide bonds. The van der Waals surface area contributed by atoms with Crippen molar-refractivity contribution in [2.75, 3.05) is 24.5 Å². The fourth-order valence-electron chi connectivity index (χ4n) is 4.17. The molecule has 1 aliphatic heterocycles. The van der Waals surface area contributed by atoms with Gasteiger partial charge in [-0.1, -0.05) is 19.3 Å². The molecule has 0 atom stereocenters. The Morgan fingerprint density at radius 2 is 1.71 bits per heavy atom. The van der Waals surface area contributed by atoms with Gasteiger partial charge in [-0.15, -0.1) is 0 Å². The van der Waals surface area contributed by atoms with Gasteiger partial charge in [0.25, 0.3) is 0 Å². The maximum absolute atomic E-state index is 13.8. The first kappa shape index (κ1) is 14.8. The van der Waals surface area contributed by atoms with Gasteiger partial charge >= 0.3 is 0 Å². The van der Waals surface area contributed by atoms with Crippen LogP contribution < -0.4 is 10.6 Å². The summed E-state index contributed by atoms with van der Waals surface area (Å²) < 4.78 is 13.8. The first-order valence-electron chi connectivity index (χ1n) is 8.45. The van der Waals surface area contributed by atoms with Gasteiger partial charge in [0.05, 0.1) is 0 Å². The smallest absolute Gasteiger partial charge is 0.125 e. The van der Waals surface area contributed by atoms with Crippen LogP contribution in [0.5, 0.6) is 0 Å². The molecule has 1 heterocycles. The highest BCUT2D eigenvalue weighted by atomic mass is 19.1. The summed E-state index contributed by atoms with van der Waals surface area (Å²) in [5.41, 5.74) is 8.26. The molecule has 2 fully saturated rings. The summed E-state index contributed by atoms with van der Waals surface area (Å²) in [7, 11) is 0. The van der Waals surface area contributed by atoms with E-state index >= 15 is 0 Å². The summed E-state index contributed by atoms with van der Waals surface area (Å²) in [4.78, 5) is 2.36. The zero-order valence-electron chi connectivity index (χ0n) is 12.9. The summed E-state index contributed by atoms with van der Waals surface area (Å²) in [5.74, 6) is -0.131. The van der Waals surface area contributed by atoms with Crippen molar-refractivity contribution in [3.63, 3.8) is 0 Å². The average Bonchev–Trinajstić information content (AvgIpc) is 2.48. The van der Waals surface area contributed by atoms with E-state index < -0.39 is 0 Å². The first-order valence-corrected chi connectivity index (χ1v) is 8.45. The summed E-state index contributed by atoms with van der Waals surface area (Å²) in [6, 6.07) is 5.41. The lowest BCUT2D eigenvalue weighted by Crippen LogP contribution is -2.41. The van der Waals surface area contributed by atoms with Crippen molar-refractivity contribution in [3.8, 4) is 0 Å². The van der Waals surface area contributed by atoms with Crippen molar-refractivity contribution in [2.24, 2.45) is 11.1 Å². The van der Waals surface area contributed by atoms with E-state index in [0.29, 0.717) is 12.0 Å². The number of piperidine rings is 1. The van der Waals surface area contributed by atoms with Crippen molar-refractivity contribution in [1.82, 2.24) is 0 Å². The van der Waals surface area contributed by atoms with Crippen LogP contribution >= 0.6 is 0 Å². The predicted octanol–water partition coefficient (Wildman–Crippen LogP) is 3.88. The lowest BCUT2D eigenvalue weighted by molar-refractivity contribution is 0.144. The maximum atomic E-state index is 13.8. The van der Waals surface area contributed by atoms with Gasteiger partial charge in [0, 0.05) is 18.8 Å². The van der Waals surface area contributed by atoms with Gasteiger partial charge in [0.1, 0.15) is 5.82 Å². The van der Waals surface area contributed by atoms with Crippen LogP contribution in [0.2, 0.25) is 0 Å². The van der Waals surface area contributed by atoms with Gasteiger partial charge in [0.15, 0.2) is 0 Å². The van der Waals surface area contributed by atoms with Gasteiger partial charge < -0.3 is 10.6 Å². The van der Waals surface area contributed by atoms with Crippen LogP contribution in [0.25, 0.3) is 0 Å². The van der Waals surface area contributed by atoms with E-state index in [2.05, 4.69) is 11.0 Å². The van der Waals surface area contributed by atoms with Crippen LogP contribution in [0, 0.1) is 11.2 Å². The Hall–Kier alpha value is -1.09. The van der Waals surface area contributed by atoms with Crippen molar-refractivity contribution in [2.45, 2.75) is 51.4 Å². The van der Waals surface area contributed by atoms with Crippen LogP contribution in [-0.4, -0.2) is 19.6 Å². The third kappa shape index (κ3) is 3.39. The third-order valence-electron chi connectivity index (χ3n) is 5.48. The monoisotopic (exact) mass is 290 g/mol. The van der Waals surface area contributed by atoms with Gasteiger partial charge in [-0.2, -0.15) is 0 Å². The lowest BCUT2D eigenvalue weighted by atomic mass is 9.68. The van der Waals surface area contributed by atoms with E-state index in [1.807, 2.05) is 0 Å². The molecule has 0 radical (unpaired) electrons. The Bertz CT molecular complexity index is 470. The number of halogens is 1. The van der Waals surface area contributed by atoms with Gasteiger partial charge in [-0.3, -0.25) is 0 Å². The molecule has 3 heteroatoms. The van der Waals surface area contributed by atoms with E-state index in [-0.39, 0.29) is 5.82 Å². The molecule has 3 rings (SSSR count). The second-order valence-corrected chi connectivity index (χ2v) is 6.90. The fraction of sp³-hybridized carbons (Fsp3) is 0.667. The Kier molecular flexibility index (Phi) is 4.48. The molecular formula is C18H27FN2. The quantitative estimate of drug-likeness (QED) is 0.915. The summed E-state index contributed by atoms with van der Waals surface area (Å²) in [6.07, 6.45) is 10.3. The van der Waals surface area contributed by atoms with Crippen LogP contribution in [0.15, 0.2) is 18.2 Å². The Morgan fingerprint density at radius 1 is 1.00 bits per heavy atom. The number of rotatable bonds is 3. The highest BCUT2D eigenvalue weighted by Gasteiger charge is 2.35. The first-order chi connectivity index (χ1) is 10.2. The molecule has 1 aromatic carbocycles. The zero-order chi connectivity index (χ0) is 14.7. The van der Waals surface area contributed by atoms with Crippen molar-refractivity contribution in [1.29, 1.82) is 0 Å². The van der Waals surface area contributed by atoms with Crippen LogP contribution in [0.4, 0.5) is 10.1 Å². The molecule has 116 valence electrons. The molecular weight excluding hydrogens is 263 g/mol. The van der Waals surface area contributed by atoms with Crippen molar-refractivity contribution >= 4 is 5.69 Å². The molecule has 2 aliphatic rings. The lowest BCUT2D eigenvalue weighted by Gasteiger charge is -2.45. The molecule has 0 unspecified atom stereocenters. The molecule has 2 N–H and O–H groups in total. The highest BCUT2D eigenvalue weighted by Crippen LogP contribution is 2.45. The summed E-state index contributed by atoms with van der Waals surface area (Å²) in [6.45, 7) is 2.73. The molecule has 21 heavy (non-hydrogen) atoms. The van der Waals surface area contributed by atoms with Crippen LogP contribution in [-0.2, 0) is 6.42 Å². The predicted molar refractivity (Wildman–Crippen MR) is 86.1 cm³/mol. The van der Waals surface area contributed by atoms with Crippen LogP contribution in [0.3, 0.4) is 0 Å². The standard InChI is InChI=1S/C18H27FN2/c19-16-12-15(4-9-20)13-17(14-16)21-10-7-18(8-11-21)5-2-1-3-6-18/h12-14H,1-11,20H2. The minimum atomic E-state index is -0.131. The van der Waals surface area contributed by atoms with Crippen LogP contribution in [0.1, 0.15) is 50.5 Å². The van der Waals surface area contributed by atoms with Crippen molar-refractivity contribution < 1.29 is 4.39 Å². The third-order valence-corrected chi connectivity index (χ3v) is 5.48. The number of benzene rings is 1. The van der Waals surface area contributed by atoms with Gasteiger partial charge in [0.2, 0.25) is 0 Å². The molecule has 1 aromatic rings. The number of nitrogens with zero attached hydrogens (tertiary/aromatic N) is 1. The minimum absolute atomic E-state index is 0.131. The summed E-state index contributed by atoms with van der Waals surface area (Å²) >= 11 is 0. The largest absolute Gasteiger partial charge is 0.371 e.